The maximum absolute atomic E-state index is 5.26. The van der Waals surface area contributed by atoms with Gasteiger partial charge in [-0.3, -0.25) is 0 Å². The predicted molar refractivity (Wildman–Crippen MR) is 75.0 cm³/mol. The zero-order chi connectivity index (χ0) is 12.8. The molecule has 1 saturated heterocycles. The molecule has 18 heavy (non-hydrogen) atoms. The van der Waals surface area contributed by atoms with E-state index in [1.54, 1.807) is 7.11 Å². The normalized spacial score (nSPS) is 21.6. The number of methoxy groups -OCH3 is 1. The molecule has 0 saturated carbocycles. The Kier molecular flexibility index (Phi) is 5.02. The Morgan fingerprint density at radius 3 is 3.11 bits per heavy atom. The van der Waals surface area contributed by atoms with Crippen LogP contribution in [0.15, 0.2) is 24.3 Å². The summed E-state index contributed by atoms with van der Waals surface area (Å²) >= 11 is 0. The van der Waals surface area contributed by atoms with Crippen molar-refractivity contribution in [2.75, 3.05) is 26.7 Å². The second-order valence-corrected chi connectivity index (χ2v) is 5.12. The molecule has 1 fully saturated rings. The third-order valence-corrected chi connectivity index (χ3v) is 3.71. The third-order valence-electron chi connectivity index (χ3n) is 3.71. The van der Waals surface area contributed by atoms with Crippen molar-refractivity contribution in [1.82, 2.24) is 10.6 Å². The van der Waals surface area contributed by atoms with Gasteiger partial charge in [0.15, 0.2) is 0 Å². The van der Waals surface area contributed by atoms with Gasteiger partial charge in [0.2, 0.25) is 0 Å². The van der Waals surface area contributed by atoms with Gasteiger partial charge in [-0.2, -0.15) is 0 Å². The number of hydrogen-bond acceptors (Lipinski definition) is 3. The average Bonchev–Trinajstić information content (AvgIpc) is 2.46. The molecule has 100 valence electrons. The van der Waals surface area contributed by atoms with Gasteiger partial charge >= 0.3 is 0 Å². The van der Waals surface area contributed by atoms with E-state index in [-0.39, 0.29) is 0 Å². The van der Waals surface area contributed by atoms with E-state index < -0.39 is 0 Å². The molecule has 1 heterocycles. The molecule has 3 heteroatoms. The first-order chi connectivity index (χ1) is 8.79. The van der Waals surface area contributed by atoms with Crippen LogP contribution in [0.5, 0.6) is 5.75 Å². The van der Waals surface area contributed by atoms with E-state index in [0.29, 0.717) is 6.04 Å². The second-order valence-electron chi connectivity index (χ2n) is 5.12. The molecular weight excluding hydrogens is 224 g/mol. The lowest BCUT2D eigenvalue weighted by atomic mass is 9.99. The van der Waals surface area contributed by atoms with Gasteiger partial charge < -0.3 is 15.4 Å². The van der Waals surface area contributed by atoms with E-state index in [1.165, 1.54) is 24.9 Å². The molecule has 1 aromatic carbocycles. The molecule has 0 aliphatic carbocycles. The zero-order valence-corrected chi connectivity index (χ0v) is 11.4. The molecule has 2 N–H and O–H groups in total. The van der Waals surface area contributed by atoms with E-state index in [1.807, 2.05) is 6.07 Å². The molecular formula is C15H24N2O. The molecule has 0 spiro atoms. The van der Waals surface area contributed by atoms with Crippen molar-refractivity contribution in [3.63, 3.8) is 0 Å². The molecule has 1 aromatic rings. The molecule has 0 aromatic heterocycles. The minimum atomic E-state index is 0.377. The fraction of sp³-hybridized carbons (Fsp3) is 0.600. The van der Waals surface area contributed by atoms with Crippen LogP contribution in [0.4, 0.5) is 0 Å². The summed E-state index contributed by atoms with van der Waals surface area (Å²) in [5, 5.41) is 7.08. The SMILES string of the molecule is COc1cccc([C@@H](C)NCC2CCCNC2)c1. The first-order valence-electron chi connectivity index (χ1n) is 6.87. The van der Waals surface area contributed by atoms with Crippen molar-refractivity contribution in [3.05, 3.63) is 29.8 Å². The van der Waals surface area contributed by atoms with Crippen LogP contribution in [-0.4, -0.2) is 26.7 Å². The van der Waals surface area contributed by atoms with Gasteiger partial charge in [-0.25, -0.2) is 0 Å². The number of benzene rings is 1. The van der Waals surface area contributed by atoms with Crippen LogP contribution in [0.25, 0.3) is 0 Å². The zero-order valence-electron chi connectivity index (χ0n) is 11.4. The minimum Gasteiger partial charge on any atom is -0.497 e. The monoisotopic (exact) mass is 248 g/mol. The molecule has 0 bridgehead atoms. The second kappa shape index (κ2) is 6.76. The Bertz CT molecular complexity index is 361. The van der Waals surface area contributed by atoms with Gasteiger partial charge in [0.05, 0.1) is 7.11 Å². The number of nitrogens with one attached hydrogen (secondary N) is 2. The smallest absolute Gasteiger partial charge is 0.119 e. The van der Waals surface area contributed by atoms with Crippen LogP contribution in [-0.2, 0) is 0 Å². The molecule has 1 aliphatic rings. The quantitative estimate of drug-likeness (QED) is 0.839. The first kappa shape index (κ1) is 13.4. The number of rotatable bonds is 5. The Morgan fingerprint density at radius 1 is 1.50 bits per heavy atom. The van der Waals surface area contributed by atoms with Crippen molar-refractivity contribution in [1.29, 1.82) is 0 Å². The highest BCUT2D eigenvalue weighted by molar-refractivity contribution is 5.30. The number of hydrogen-bond donors (Lipinski definition) is 2. The van der Waals surface area contributed by atoms with Gasteiger partial charge in [0, 0.05) is 6.04 Å². The predicted octanol–water partition coefficient (Wildman–Crippen LogP) is 2.35. The van der Waals surface area contributed by atoms with E-state index in [9.17, 15) is 0 Å². The lowest BCUT2D eigenvalue weighted by Crippen LogP contribution is -2.36. The van der Waals surface area contributed by atoms with Crippen molar-refractivity contribution in [3.8, 4) is 5.75 Å². The molecule has 2 rings (SSSR count). The Hall–Kier alpha value is -1.06. The molecule has 0 amide bonds. The van der Waals surface area contributed by atoms with Crippen molar-refractivity contribution < 1.29 is 4.74 Å². The van der Waals surface area contributed by atoms with Gasteiger partial charge in [-0.1, -0.05) is 12.1 Å². The highest BCUT2D eigenvalue weighted by atomic mass is 16.5. The van der Waals surface area contributed by atoms with Crippen LogP contribution >= 0.6 is 0 Å². The summed E-state index contributed by atoms with van der Waals surface area (Å²) in [6.45, 7) is 5.64. The van der Waals surface area contributed by atoms with Crippen LogP contribution in [0.3, 0.4) is 0 Å². The topological polar surface area (TPSA) is 33.3 Å². The minimum absolute atomic E-state index is 0.377. The number of piperidine rings is 1. The fourth-order valence-electron chi connectivity index (χ4n) is 2.47. The first-order valence-corrected chi connectivity index (χ1v) is 6.87. The standard InChI is InChI=1S/C15H24N2O/c1-12(14-6-3-7-15(9-14)18-2)17-11-13-5-4-8-16-10-13/h3,6-7,9,12-13,16-17H,4-5,8,10-11H2,1-2H3/t12-,13?/m1/s1. The Balaban J connectivity index is 1.84. The lowest BCUT2D eigenvalue weighted by Gasteiger charge is -2.25. The van der Waals surface area contributed by atoms with E-state index in [4.69, 9.17) is 4.74 Å². The lowest BCUT2D eigenvalue weighted by molar-refractivity contribution is 0.348. The summed E-state index contributed by atoms with van der Waals surface area (Å²) in [6.07, 6.45) is 2.64. The summed E-state index contributed by atoms with van der Waals surface area (Å²) in [7, 11) is 1.71. The average molecular weight is 248 g/mol. The summed E-state index contributed by atoms with van der Waals surface area (Å²) in [5.41, 5.74) is 1.29. The summed E-state index contributed by atoms with van der Waals surface area (Å²) < 4.78 is 5.26. The third kappa shape index (κ3) is 3.72. The molecule has 0 radical (unpaired) electrons. The van der Waals surface area contributed by atoms with Crippen LogP contribution in [0, 0.1) is 5.92 Å². The van der Waals surface area contributed by atoms with Crippen molar-refractivity contribution >= 4 is 0 Å². The van der Waals surface area contributed by atoms with Crippen molar-refractivity contribution in [2.45, 2.75) is 25.8 Å². The fourth-order valence-corrected chi connectivity index (χ4v) is 2.47. The molecule has 3 nitrogen and oxygen atoms in total. The molecule has 1 aliphatic heterocycles. The summed E-state index contributed by atoms with van der Waals surface area (Å²) in [5.74, 6) is 1.70. The van der Waals surface area contributed by atoms with Crippen molar-refractivity contribution in [2.24, 2.45) is 5.92 Å². The summed E-state index contributed by atoms with van der Waals surface area (Å²) in [6, 6.07) is 8.67. The Morgan fingerprint density at radius 2 is 2.39 bits per heavy atom. The van der Waals surface area contributed by atoms with Crippen LogP contribution < -0.4 is 15.4 Å². The number of ether oxygens (including phenoxy) is 1. The van der Waals surface area contributed by atoms with E-state index >= 15 is 0 Å². The van der Waals surface area contributed by atoms with Gasteiger partial charge in [-0.05, 0) is 63.0 Å². The molecule has 1 unspecified atom stereocenters. The highest BCUT2D eigenvalue weighted by Crippen LogP contribution is 2.19. The summed E-state index contributed by atoms with van der Waals surface area (Å²) in [4.78, 5) is 0. The van der Waals surface area contributed by atoms with E-state index in [2.05, 4.69) is 35.8 Å². The van der Waals surface area contributed by atoms with Crippen LogP contribution in [0.1, 0.15) is 31.4 Å². The van der Waals surface area contributed by atoms with Gasteiger partial charge in [0.1, 0.15) is 5.75 Å². The molecule has 2 atom stereocenters. The Labute approximate surface area is 110 Å². The highest BCUT2D eigenvalue weighted by Gasteiger charge is 2.14. The van der Waals surface area contributed by atoms with Crippen LogP contribution in [0.2, 0.25) is 0 Å². The van der Waals surface area contributed by atoms with E-state index in [0.717, 1.165) is 24.8 Å². The maximum Gasteiger partial charge on any atom is 0.119 e. The van der Waals surface area contributed by atoms with Gasteiger partial charge in [0.25, 0.3) is 0 Å². The van der Waals surface area contributed by atoms with Gasteiger partial charge in [-0.15, -0.1) is 0 Å². The maximum atomic E-state index is 5.26. The largest absolute Gasteiger partial charge is 0.497 e.